The van der Waals surface area contributed by atoms with Crippen molar-refractivity contribution >= 4 is 5.91 Å². The molecule has 0 aromatic rings. The third-order valence-electron chi connectivity index (χ3n) is 4.05. The maximum atomic E-state index is 12.0. The van der Waals surface area contributed by atoms with E-state index in [9.17, 15) is 4.79 Å². The molecule has 0 unspecified atom stereocenters. The first-order valence-corrected chi connectivity index (χ1v) is 7.23. The molecular formula is C14H29N3O. The summed E-state index contributed by atoms with van der Waals surface area (Å²) in [6, 6.07) is 0.555. The fourth-order valence-corrected chi connectivity index (χ4v) is 2.37. The van der Waals surface area contributed by atoms with Crippen molar-refractivity contribution in [2.45, 2.75) is 64.0 Å². The number of nitrogens with zero attached hydrogens (tertiary/aromatic N) is 1. The van der Waals surface area contributed by atoms with Crippen LogP contribution in [0.3, 0.4) is 0 Å². The van der Waals surface area contributed by atoms with Gasteiger partial charge in [0.25, 0.3) is 0 Å². The summed E-state index contributed by atoms with van der Waals surface area (Å²) >= 11 is 0. The lowest BCUT2D eigenvalue weighted by Gasteiger charge is -2.32. The summed E-state index contributed by atoms with van der Waals surface area (Å²) in [7, 11) is 2.11. The van der Waals surface area contributed by atoms with Crippen molar-refractivity contribution in [1.29, 1.82) is 0 Å². The predicted molar refractivity (Wildman–Crippen MR) is 75.4 cm³/mol. The highest BCUT2D eigenvalue weighted by atomic mass is 16.2. The number of rotatable bonds is 6. The molecule has 0 aromatic heterocycles. The summed E-state index contributed by atoms with van der Waals surface area (Å²) in [4.78, 5) is 14.3. The average molecular weight is 255 g/mol. The second kappa shape index (κ2) is 7.10. The Kier molecular flexibility index (Phi) is 6.09. The highest BCUT2D eigenvalue weighted by molar-refractivity contribution is 5.86. The van der Waals surface area contributed by atoms with Gasteiger partial charge in [0, 0.05) is 12.6 Å². The zero-order valence-corrected chi connectivity index (χ0v) is 12.2. The van der Waals surface area contributed by atoms with Crippen molar-refractivity contribution < 1.29 is 4.79 Å². The Morgan fingerprint density at radius 3 is 2.50 bits per heavy atom. The minimum Gasteiger partial charge on any atom is -0.354 e. The lowest BCUT2D eigenvalue weighted by Crippen LogP contribution is -2.55. The van der Waals surface area contributed by atoms with Crippen LogP contribution in [0.25, 0.3) is 0 Å². The van der Waals surface area contributed by atoms with Gasteiger partial charge >= 0.3 is 0 Å². The van der Waals surface area contributed by atoms with Crippen LogP contribution in [0.2, 0.25) is 0 Å². The number of amides is 1. The third-order valence-corrected chi connectivity index (χ3v) is 4.05. The minimum absolute atomic E-state index is 0.0504. The van der Waals surface area contributed by atoms with E-state index in [1.54, 1.807) is 0 Å². The number of hydrogen-bond acceptors (Lipinski definition) is 3. The van der Waals surface area contributed by atoms with E-state index in [2.05, 4.69) is 31.1 Å². The Labute approximate surface area is 111 Å². The summed E-state index contributed by atoms with van der Waals surface area (Å²) in [5, 5.41) is 3.00. The molecule has 0 atom stereocenters. The van der Waals surface area contributed by atoms with Gasteiger partial charge < -0.3 is 16.0 Å². The first-order valence-electron chi connectivity index (χ1n) is 7.23. The lowest BCUT2D eigenvalue weighted by molar-refractivity contribution is -0.127. The van der Waals surface area contributed by atoms with Gasteiger partial charge in [0.15, 0.2) is 0 Å². The van der Waals surface area contributed by atoms with Gasteiger partial charge in [-0.15, -0.1) is 0 Å². The predicted octanol–water partition coefficient (Wildman–Crippen LogP) is 1.49. The van der Waals surface area contributed by atoms with Crippen molar-refractivity contribution in [3.05, 3.63) is 0 Å². The van der Waals surface area contributed by atoms with Crippen LogP contribution in [-0.4, -0.2) is 42.5 Å². The Morgan fingerprint density at radius 1 is 1.33 bits per heavy atom. The smallest absolute Gasteiger partial charge is 0.240 e. The zero-order chi connectivity index (χ0) is 13.6. The van der Waals surface area contributed by atoms with Gasteiger partial charge in [0.1, 0.15) is 0 Å². The molecule has 1 rings (SSSR count). The Morgan fingerprint density at radius 2 is 1.94 bits per heavy atom. The SMILES string of the molecule is CC(C)N(C)CCCNC(=O)C1(N)CCCCC1. The van der Waals surface area contributed by atoms with Crippen molar-refractivity contribution in [3.8, 4) is 0 Å². The van der Waals surface area contributed by atoms with Crippen LogP contribution in [0.5, 0.6) is 0 Å². The largest absolute Gasteiger partial charge is 0.354 e. The standard InChI is InChI=1S/C14H29N3O/c1-12(2)17(3)11-7-10-16-13(18)14(15)8-5-4-6-9-14/h12H,4-11,15H2,1-3H3,(H,16,18). The number of nitrogens with two attached hydrogens (primary N) is 1. The van der Waals surface area contributed by atoms with Crippen LogP contribution in [0.4, 0.5) is 0 Å². The molecule has 0 aliphatic heterocycles. The van der Waals surface area contributed by atoms with Crippen molar-refractivity contribution in [2.24, 2.45) is 5.73 Å². The van der Waals surface area contributed by atoms with Crippen molar-refractivity contribution in [1.82, 2.24) is 10.2 Å². The molecule has 1 saturated carbocycles. The van der Waals surface area contributed by atoms with E-state index in [1.807, 2.05) is 0 Å². The number of carbonyl (C=O) groups is 1. The quantitative estimate of drug-likeness (QED) is 0.707. The molecule has 106 valence electrons. The van der Waals surface area contributed by atoms with Crippen LogP contribution >= 0.6 is 0 Å². The van der Waals surface area contributed by atoms with E-state index in [1.165, 1.54) is 6.42 Å². The molecule has 0 radical (unpaired) electrons. The molecule has 4 heteroatoms. The third kappa shape index (κ3) is 4.58. The zero-order valence-electron chi connectivity index (χ0n) is 12.2. The summed E-state index contributed by atoms with van der Waals surface area (Å²) in [5.74, 6) is 0.0504. The summed E-state index contributed by atoms with van der Waals surface area (Å²) in [6.07, 6.45) is 6.04. The van der Waals surface area contributed by atoms with Gasteiger partial charge in [-0.25, -0.2) is 0 Å². The molecule has 0 spiro atoms. The van der Waals surface area contributed by atoms with Crippen LogP contribution in [0, 0.1) is 0 Å². The van der Waals surface area contributed by atoms with Crippen LogP contribution < -0.4 is 11.1 Å². The van der Waals surface area contributed by atoms with Crippen LogP contribution in [-0.2, 0) is 4.79 Å². The number of nitrogens with one attached hydrogen (secondary N) is 1. The maximum Gasteiger partial charge on any atom is 0.240 e. The van der Waals surface area contributed by atoms with Gasteiger partial charge in [-0.2, -0.15) is 0 Å². The molecule has 0 saturated heterocycles. The highest BCUT2D eigenvalue weighted by Crippen LogP contribution is 2.25. The van der Waals surface area contributed by atoms with Gasteiger partial charge in [-0.1, -0.05) is 19.3 Å². The van der Waals surface area contributed by atoms with E-state index in [4.69, 9.17) is 5.73 Å². The van der Waals surface area contributed by atoms with Gasteiger partial charge in [0.05, 0.1) is 5.54 Å². The summed E-state index contributed by atoms with van der Waals surface area (Å²) < 4.78 is 0. The first-order chi connectivity index (χ1) is 8.46. The molecular weight excluding hydrogens is 226 g/mol. The van der Waals surface area contributed by atoms with Gasteiger partial charge in [-0.05, 0) is 46.7 Å². The van der Waals surface area contributed by atoms with Crippen molar-refractivity contribution in [3.63, 3.8) is 0 Å². The Hall–Kier alpha value is -0.610. The van der Waals surface area contributed by atoms with E-state index in [-0.39, 0.29) is 5.91 Å². The molecule has 1 amide bonds. The average Bonchev–Trinajstić information content (AvgIpc) is 2.34. The van der Waals surface area contributed by atoms with E-state index in [0.717, 1.165) is 45.2 Å². The van der Waals surface area contributed by atoms with E-state index in [0.29, 0.717) is 6.04 Å². The van der Waals surface area contributed by atoms with E-state index >= 15 is 0 Å². The summed E-state index contributed by atoms with van der Waals surface area (Å²) in [6.45, 7) is 6.09. The molecule has 4 nitrogen and oxygen atoms in total. The first kappa shape index (κ1) is 15.4. The van der Waals surface area contributed by atoms with Gasteiger partial charge in [0.2, 0.25) is 5.91 Å². The number of carbonyl (C=O) groups excluding carboxylic acids is 1. The highest BCUT2D eigenvalue weighted by Gasteiger charge is 2.34. The molecule has 0 heterocycles. The van der Waals surface area contributed by atoms with Crippen LogP contribution in [0.15, 0.2) is 0 Å². The number of hydrogen-bond donors (Lipinski definition) is 2. The van der Waals surface area contributed by atoms with E-state index < -0.39 is 5.54 Å². The molecule has 0 bridgehead atoms. The molecule has 3 N–H and O–H groups in total. The molecule has 1 fully saturated rings. The van der Waals surface area contributed by atoms with Crippen molar-refractivity contribution in [2.75, 3.05) is 20.1 Å². The molecule has 18 heavy (non-hydrogen) atoms. The second-order valence-corrected chi connectivity index (χ2v) is 5.90. The summed E-state index contributed by atoms with van der Waals surface area (Å²) in [5.41, 5.74) is 5.58. The fourth-order valence-electron chi connectivity index (χ4n) is 2.37. The minimum atomic E-state index is -0.595. The Balaban J connectivity index is 2.20. The molecule has 0 aromatic carbocycles. The molecule has 1 aliphatic rings. The molecule has 1 aliphatic carbocycles. The second-order valence-electron chi connectivity index (χ2n) is 5.90. The van der Waals surface area contributed by atoms with Crippen LogP contribution in [0.1, 0.15) is 52.4 Å². The maximum absolute atomic E-state index is 12.0. The topological polar surface area (TPSA) is 58.4 Å². The normalized spacial score (nSPS) is 19.2. The Bertz CT molecular complexity index is 260. The fraction of sp³-hybridized carbons (Fsp3) is 0.929. The lowest BCUT2D eigenvalue weighted by atomic mass is 9.82. The van der Waals surface area contributed by atoms with Gasteiger partial charge in [-0.3, -0.25) is 4.79 Å². The monoisotopic (exact) mass is 255 g/mol.